The van der Waals surface area contributed by atoms with Gasteiger partial charge in [-0.3, -0.25) is 4.79 Å². The zero-order valence-electron chi connectivity index (χ0n) is 20.5. The highest BCUT2D eigenvalue weighted by atomic mass is 32.2. The van der Waals surface area contributed by atoms with Gasteiger partial charge in [-0.2, -0.15) is 4.31 Å². The van der Waals surface area contributed by atoms with Gasteiger partial charge in [0, 0.05) is 44.5 Å². The van der Waals surface area contributed by atoms with Crippen molar-refractivity contribution in [3.8, 4) is 5.75 Å². The number of carbonyl (C=O) groups excluding carboxylic acids is 1. The predicted molar refractivity (Wildman–Crippen MR) is 133 cm³/mol. The number of benzene rings is 1. The molecule has 3 heterocycles. The zero-order valence-corrected chi connectivity index (χ0v) is 21.3. The fourth-order valence-electron chi connectivity index (χ4n) is 5.92. The highest BCUT2D eigenvalue weighted by molar-refractivity contribution is 7.89. The first-order chi connectivity index (χ1) is 16.9. The Kier molecular flexibility index (Phi) is 7.16. The SMILES string of the molecule is Cn1cnc(S(=O)(=O)N2CCC(COc3ccc(C(=O)N4CCCC5CCCCC54)cc3)CC2)c1. The average Bonchev–Trinajstić information content (AvgIpc) is 3.34. The lowest BCUT2D eigenvalue weighted by Gasteiger charge is -2.44. The Morgan fingerprint density at radius 1 is 1.00 bits per heavy atom. The van der Waals surface area contributed by atoms with Crippen LogP contribution in [0.15, 0.2) is 41.8 Å². The zero-order chi connectivity index (χ0) is 24.4. The van der Waals surface area contributed by atoms with E-state index in [4.69, 9.17) is 4.74 Å². The Morgan fingerprint density at radius 3 is 2.43 bits per heavy atom. The molecule has 35 heavy (non-hydrogen) atoms. The molecule has 3 fully saturated rings. The van der Waals surface area contributed by atoms with Crippen LogP contribution < -0.4 is 4.74 Å². The lowest BCUT2D eigenvalue weighted by molar-refractivity contribution is 0.0390. The largest absolute Gasteiger partial charge is 0.493 e. The highest BCUT2D eigenvalue weighted by Gasteiger charge is 2.36. The van der Waals surface area contributed by atoms with Gasteiger partial charge in [-0.25, -0.2) is 13.4 Å². The summed E-state index contributed by atoms with van der Waals surface area (Å²) >= 11 is 0. The van der Waals surface area contributed by atoms with E-state index >= 15 is 0 Å². The summed E-state index contributed by atoms with van der Waals surface area (Å²) in [5.74, 6) is 1.87. The molecule has 8 nitrogen and oxygen atoms in total. The number of amides is 1. The molecule has 0 radical (unpaired) electrons. The van der Waals surface area contributed by atoms with E-state index in [9.17, 15) is 13.2 Å². The van der Waals surface area contributed by atoms with Gasteiger partial charge in [0.25, 0.3) is 15.9 Å². The van der Waals surface area contributed by atoms with Gasteiger partial charge in [-0.15, -0.1) is 0 Å². The van der Waals surface area contributed by atoms with E-state index in [1.165, 1.54) is 42.5 Å². The van der Waals surface area contributed by atoms with E-state index in [1.54, 1.807) is 11.6 Å². The van der Waals surface area contributed by atoms with Gasteiger partial charge in [-0.1, -0.05) is 12.8 Å². The third kappa shape index (κ3) is 5.26. The van der Waals surface area contributed by atoms with Crippen molar-refractivity contribution in [1.82, 2.24) is 18.8 Å². The Morgan fingerprint density at radius 2 is 1.71 bits per heavy atom. The van der Waals surface area contributed by atoms with E-state index in [2.05, 4.69) is 9.88 Å². The third-order valence-electron chi connectivity index (χ3n) is 7.95. The maximum Gasteiger partial charge on any atom is 0.262 e. The molecule has 2 aromatic rings. The number of aromatic nitrogens is 2. The van der Waals surface area contributed by atoms with Crippen molar-refractivity contribution in [2.75, 3.05) is 26.2 Å². The fourth-order valence-corrected chi connectivity index (χ4v) is 7.36. The number of likely N-dealkylation sites (tertiary alicyclic amines) is 1. The Bertz CT molecular complexity index is 1120. The van der Waals surface area contributed by atoms with E-state index < -0.39 is 10.0 Å². The highest BCUT2D eigenvalue weighted by Crippen LogP contribution is 2.36. The molecule has 190 valence electrons. The summed E-state index contributed by atoms with van der Waals surface area (Å²) in [6.07, 6.45) is 11.8. The minimum Gasteiger partial charge on any atom is -0.493 e. The van der Waals surface area contributed by atoms with Gasteiger partial charge < -0.3 is 14.2 Å². The van der Waals surface area contributed by atoms with Gasteiger partial charge >= 0.3 is 0 Å². The number of hydrogen-bond acceptors (Lipinski definition) is 5. The number of piperidine rings is 2. The Balaban J connectivity index is 1.12. The van der Waals surface area contributed by atoms with Crippen LogP contribution in [0.2, 0.25) is 0 Å². The predicted octanol–water partition coefficient (Wildman–Crippen LogP) is 3.69. The van der Waals surface area contributed by atoms with Crippen molar-refractivity contribution in [1.29, 1.82) is 0 Å². The lowest BCUT2D eigenvalue weighted by atomic mass is 9.78. The summed E-state index contributed by atoms with van der Waals surface area (Å²) in [5, 5.41) is 0.105. The summed E-state index contributed by atoms with van der Waals surface area (Å²) in [4.78, 5) is 19.3. The summed E-state index contributed by atoms with van der Waals surface area (Å²) in [6.45, 7) is 2.35. The summed E-state index contributed by atoms with van der Waals surface area (Å²) in [6, 6.07) is 7.94. The van der Waals surface area contributed by atoms with Gasteiger partial charge in [0.1, 0.15) is 5.75 Å². The van der Waals surface area contributed by atoms with Crippen molar-refractivity contribution in [2.45, 2.75) is 62.4 Å². The minimum absolute atomic E-state index is 0.105. The minimum atomic E-state index is -3.54. The standard InChI is InChI=1S/C26H36N4O4S/c1-28-17-25(27-19-28)35(32,33)29-15-12-20(13-16-29)18-34-23-10-8-22(9-11-23)26(31)30-14-4-6-21-5-2-3-7-24(21)30/h8-11,17,19-21,24H,2-7,12-16,18H2,1H3. The molecule has 1 amide bonds. The van der Waals surface area contributed by atoms with Crippen molar-refractivity contribution in [3.63, 3.8) is 0 Å². The number of nitrogens with zero attached hydrogens (tertiary/aromatic N) is 4. The number of aryl methyl sites for hydroxylation is 1. The monoisotopic (exact) mass is 500 g/mol. The smallest absolute Gasteiger partial charge is 0.262 e. The topological polar surface area (TPSA) is 84.7 Å². The number of carbonyl (C=O) groups is 1. The molecule has 2 unspecified atom stereocenters. The van der Waals surface area contributed by atoms with Gasteiger partial charge in [-0.05, 0) is 74.6 Å². The van der Waals surface area contributed by atoms with Crippen LogP contribution in [0, 0.1) is 11.8 Å². The average molecular weight is 501 g/mol. The van der Waals surface area contributed by atoms with E-state index in [1.807, 2.05) is 24.3 Å². The lowest BCUT2D eigenvalue weighted by Crippen LogP contribution is -2.49. The number of hydrogen-bond donors (Lipinski definition) is 0. The molecule has 0 N–H and O–H groups in total. The van der Waals surface area contributed by atoms with Gasteiger partial charge in [0.05, 0.1) is 12.9 Å². The number of imidazole rings is 1. The summed E-state index contributed by atoms with van der Waals surface area (Å²) in [7, 11) is -1.78. The molecule has 2 saturated heterocycles. The molecule has 3 aliphatic rings. The van der Waals surface area contributed by atoms with Crippen LogP contribution in [0.5, 0.6) is 5.75 Å². The van der Waals surface area contributed by atoms with Crippen molar-refractivity contribution in [3.05, 3.63) is 42.4 Å². The molecule has 0 spiro atoms. The Labute approximate surface area is 208 Å². The molecular formula is C26H36N4O4S. The van der Waals surface area contributed by atoms with Crippen LogP contribution in [0.1, 0.15) is 61.7 Å². The number of sulfonamides is 1. The van der Waals surface area contributed by atoms with Crippen molar-refractivity contribution in [2.24, 2.45) is 18.9 Å². The number of fused-ring (bicyclic) bond motifs is 1. The molecule has 2 aliphatic heterocycles. The van der Waals surface area contributed by atoms with Crippen LogP contribution >= 0.6 is 0 Å². The number of rotatable bonds is 6. The van der Waals surface area contributed by atoms with Crippen LogP contribution in [-0.4, -0.2) is 65.4 Å². The molecule has 1 aromatic carbocycles. The summed E-state index contributed by atoms with van der Waals surface area (Å²) < 4.78 is 34.7. The first kappa shape index (κ1) is 24.3. The second kappa shape index (κ2) is 10.3. The Hall–Kier alpha value is -2.39. The first-order valence-electron chi connectivity index (χ1n) is 12.9. The second-order valence-corrected chi connectivity index (χ2v) is 12.2. The van der Waals surface area contributed by atoms with Gasteiger partial charge in [0.2, 0.25) is 0 Å². The van der Waals surface area contributed by atoms with E-state index in [0.717, 1.165) is 43.5 Å². The molecule has 5 rings (SSSR count). The fraction of sp³-hybridized carbons (Fsp3) is 0.615. The van der Waals surface area contributed by atoms with Gasteiger partial charge in [0.15, 0.2) is 5.03 Å². The van der Waals surface area contributed by atoms with Crippen LogP contribution in [0.4, 0.5) is 0 Å². The van der Waals surface area contributed by atoms with Crippen molar-refractivity contribution >= 4 is 15.9 Å². The second-order valence-electron chi connectivity index (χ2n) is 10.3. The maximum absolute atomic E-state index is 13.2. The van der Waals surface area contributed by atoms with Crippen LogP contribution in [0.25, 0.3) is 0 Å². The van der Waals surface area contributed by atoms with Crippen molar-refractivity contribution < 1.29 is 17.9 Å². The molecule has 1 saturated carbocycles. The third-order valence-corrected chi connectivity index (χ3v) is 9.73. The summed E-state index contributed by atoms with van der Waals surface area (Å²) in [5.41, 5.74) is 0.733. The van der Waals surface area contributed by atoms with Crippen LogP contribution in [-0.2, 0) is 17.1 Å². The number of ether oxygens (including phenoxy) is 1. The molecular weight excluding hydrogens is 464 g/mol. The molecule has 2 atom stereocenters. The quantitative estimate of drug-likeness (QED) is 0.604. The van der Waals surface area contributed by atoms with Crippen LogP contribution in [0.3, 0.4) is 0 Å². The molecule has 0 bridgehead atoms. The van der Waals surface area contributed by atoms with E-state index in [-0.39, 0.29) is 10.9 Å². The maximum atomic E-state index is 13.2. The first-order valence-corrected chi connectivity index (χ1v) is 14.4. The molecule has 9 heteroatoms. The molecule has 1 aromatic heterocycles. The normalized spacial score (nSPS) is 24.2. The molecule has 1 aliphatic carbocycles. The van der Waals surface area contributed by atoms with E-state index in [0.29, 0.717) is 37.6 Å².